The molecule has 0 N–H and O–H groups in total. The van der Waals surface area contributed by atoms with Crippen LogP contribution in [-0.2, 0) is 0 Å². The Balaban J connectivity index is 1.65. The van der Waals surface area contributed by atoms with Crippen molar-refractivity contribution >= 4 is 0 Å². The Morgan fingerprint density at radius 3 is 1.83 bits per heavy atom. The van der Waals surface area contributed by atoms with Crippen molar-refractivity contribution in [2.24, 2.45) is 5.41 Å². The van der Waals surface area contributed by atoms with Gasteiger partial charge in [0.1, 0.15) is 0 Å². The minimum atomic E-state index is 0.336. The first-order valence-corrected chi connectivity index (χ1v) is 9.87. The van der Waals surface area contributed by atoms with E-state index in [0.717, 1.165) is 6.04 Å². The highest BCUT2D eigenvalue weighted by Gasteiger charge is 2.30. The molecule has 2 saturated heterocycles. The van der Waals surface area contributed by atoms with E-state index in [9.17, 15) is 0 Å². The Morgan fingerprint density at radius 1 is 0.783 bits per heavy atom. The van der Waals surface area contributed by atoms with E-state index in [2.05, 4.69) is 56.2 Å². The van der Waals surface area contributed by atoms with Gasteiger partial charge in [-0.05, 0) is 71.5 Å². The van der Waals surface area contributed by atoms with Gasteiger partial charge in [0, 0.05) is 37.8 Å². The molecule has 2 rings (SSSR count). The van der Waals surface area contributed by atoms with Gasteiger partial charge >= 0.3 is 0 Å². The minimum Gasteiger partial charge on any atom is -0.303 e. The minimum absolute atomic E-state index is 0.336. The molecule has 2 aliphatic rings. The van der Waals surface area contributed by atoms with E-state index in [1.54, 1.807) is 0 Å². The summed E-state index contributed by atoms with van der Waals surface area (Å²) < 4.78 is 0. The molecule has 23 heavy (non-hydrogen) atoms. The highest BCUT2D eigenvalue weighted by molar-refractivity contribution is 4.87. The molecule has 2 aliphatic heterocycles. The van der Waals surface area contributed by atoms with Gasteiger partial charge in [0.2, 0.25) is 0 Å². The fourth-order valence-corrected chi connectivity index (χ4v) is 4.10. The zero-order valence-corrected chi connectivity index (χ0v) is 16.7. The van der Waals surface area contributed by atoms with Crippen LogP contribution in [0.15, 0.2) is 0 Å². The van der Waals surface area contributed by atoms with Gasteiger partial charge < -0.3 is 4.90 Å². The van der Waals surface area contributed by atoms with E-state index < -0.39 is 0 Å². The standard InChI is InChI=1S/C20H41N3/c1-19(2,3)10-7-11-21-12-8-18(9-13-21)22-14-16-23(17-15-22)20(4,5)6/h18H,7-17H2,1-6H3. The van der Waals surface area contributed by atoms with E-state index in [4.69, 9.17) is 0 Å². The molecule has 0 aromatic rings. The summed E-state index contributed by atoms with van der Waals surface area (Å²) in [5, 5.41) is 0. The van der Waals surface area contributed by atoms with Crippen molar-refractivity contribution in [3.63, 3.8) is 0 Å². The van der Waals surface area contributed by atoms with E-state index in [-0.39, 0.29) is 0 Å². The highest BCUT2D eigenvalue weighted by Crippen LogP contribution is 2.23. The molecule has 2 fully saturated rings. The van der Waals surface area contributed by atoms with Crippen LogP contribution in [0.3, 0.4) is 0 Å². The summed E-state index contributed by atoms with van der Waals surface area (Å²) in [5.74, 6) is 0. The monoisotopic (exact) mass is 323 g/mol. The molecular weight excluding hydrogens is 282 g/mol. The summed E-state index contributed by atoms with van der Waals surface area (Å²) in [6.07, 6.45) is 5.47. The van der Waals surface area contributed by atoms with Crippen LogP contribution in [0.5, 0.6) is 0 Å². The van der Waals surface area contributed by atoms with Crippen molar-refractivity contribution in [1.82, 2.24) is 14.7 Å². The molecule has 0 unspecified atom stereocenters. The summed E-state index contributed by atoms with van der Waals surface area (Å²) in [6, 6.07) is 0.844. The van der Waals surface area contributed by atoms with Gasteiger partial charge in [-0.1, -0.05) is 20.8 Å². The normalized spacial score (nSPS) is 24.3. The van der Waals surface area contributed by atoms with Crippen molar-refractivity contribution in [3.05, 3.63) is 0 Å². The highest BCUT2D eigenvalue weighted by atomic mass is 15.3. The van der Waals surface area contributed by atoms with Crippen LogP contribution in [0.2, 0.25) is 0 Å². The maximum absolute atomic E-state index is 2.77. The van der Waals surface area contributed by atoms with Crippen molar-refractivity contribution < 1.29 is 0 Å². The number of rotatable bonds is 4. The fraction of sp³-hybridized carbons (Fsp3) is 1.00. The Morgan fingerprint density at radius 2 is 1.35 bits per heavy atom. The van der Waals surface area contributed by atoms with Gasteiger partial charge in [-0.25, -0.2) is 0 Å². The second-order valence-corrected chi connectivity index (χ2v) is 9.93. The molecule has 0 atom stereocenters. The van der Waals surface area contributed by atoms with Crippen molar-refractivity contribution in [1.29, 1.82) is 0 Å². The number of nitrogens with zero attached hydrogens (tertiary/aromatic N) is 3. The predicted octanol–water partition coefficient (Wildman–Crippen LogP) is 3.69. The van der Waals surface area contributed by atoms with Crippen LogP contribution < -0.4 is 0 Å². The molecule has 2 heterocycles. The Hall–Kier alpha value is -0.120. The third-order valence-electron chi connectivity index (χ3n) is 5.74. The van der Waals surface area contributed by atoms with Crippen LogP contribution in [0.4, 0.5) is 0 Å². The molecule has 0 spiro atoms. The Kier molecular flexibility index (Phi) is 6.55. The molecule has 0 bridgehead atoms. The van der Waals surface area contributed by atoms with Gasteiger partial charge in [0.25, 0.3) is 0 Å². The number of piperazine rings is 1. The van der Waals surface area contributed by atoms with Gasteiger partial charge in [-0.3, -0.25) is 9.80 Å². The zero-order valence-electron chi connectivity index (χ0n) is 16.7. The third-order valence-corrected chi connectivity index (χ3v) is 5.74. The topological polar surface area (TPSA) is 9.72 Å². The average Bonchev–Trinajstić information content (AvgIpc) is 2.46. The molecule has 0 aliphatic carbocycles. The lowest BCUT2D eigenvalue weighted by atomic mass is 9.90. The largest absolute Gasteiger partial charge is 0.303 e. The summed E-state index contributed by atoms with van der Waals surface area (Å²) in [7, 11) is 0. The van der Waals surface area contributed by atoms with E-state index in [0.29, 0.717) is 11.0 Å². The van der Waals surface area contributed by atoms with E-state index >= 15 is 0 Å². The molecule has 0 radical (unpaired) electrons. The first kappa shape index (κ1) is 19.2. The lowest BCUT2D eigenvalue weighted by molar-refractivity contribution is 0.0234. The number of piperidine rings is 1. The Bertz CT molecular complexity index is 337. The maximum atomic E-state index is 2.77. The maximum Gasteiger partial charge on any atom is 0.0126 e. The first-order chi connectivity index (χ1) is 10.6. The number of hydrogen-bond donors (Lipinski definition) is 0. The van der Waals surface area contributed by atoms with E-state index in [1.165, 1.54) is 71.5 Å². The van der Waals surface area contributed by atoms with Gasteiger partial charge in [0.15, 0.2) is 0 Å². The van der Waals surface area contributed by atoms with Gasteiger partial charge in [0.05, 0.1) is 0 Å². The molecule has 3 heteroatoms. The molecule has 0 aromatic heterocycles. The van der Waals surface area contributed by atoms with Crippen LogP contribution in [0.25, 0.3) is 0 Å². The summed E-state index contributed by atoms with van der Waals surface area (Å²) in [6.45, 7) is 23.1. The van der Waals surface area contributed by atoms with E-state index in [1.807, 2.05) is 0 Å². The molecular formula is C20H41N3. The summed E-state index contributed by atoms with van der Waals surface area (Å²) in [5.41, 5.74) is 0.827. The molecule has 0 amide bonds. The van der Waals surface area contributed by atoms with Crippen LogP contribution in [0.1, 0.15) is 67.2 Å². The zero-order chi connectivity index (χ0) is 17.1. The summed E-state index contributed by atoms with van der Waals surface area (Å²) >= 11 is 0. The number of hydrogen-bond acceptors (Lipinski definition) is 3. The van der Waals surface area contributed by atoms with Gasteiger partial charge in [-0.15, -0.1) is 0 Å². The van der Waals surface area contributed by atoms with Crippen molar-refractivity contribution in [2.45, 2.75) is 78.8 Å². The van der Waals surface area contributed by atoms with Crippen LogP contribution >= 0.6 is 0 Å². The quantitative estimate of drug-likeness (QED) is 0.781. The molecule has 136 valence electrons. The van der Waals surface area contributed by atoms with Gasteiger partial charge in [-0.2, -0.15) is 0 Å². The first-order valence-electron chi connectivity index (χ1n) is 9.87. The predicted molar refractivity (Wildman–Crippen MR) is 101 cm³/mol. The molecule has 0 saturated carbocycles. The lowest BCUT2D eigenvalue weighted by Crippen LogP contribution is -2.57. The molecule has 3 nitrogen and oxygen atoms in total. The van der Waals surface area contributed by atoms with Crippen molar-refractivity contribution in [3.8, 4) is 0 Å². The number of likely N-dealkylation sites (tertiary alicyclic amines) is 1. The smallest absolute Gasteiger partial charge is 0.0126 e. The SMILES string of the molecule is CC(C)(C)CCCN1CCC(N2CCN(C(C)(C)C)CC2)CC1. The average molecular weight is 324 g/mol. The van der Waals surface area contributed by atoms with Crippen LogP contribution in [0, 0.1) is 5.41 Å². The molecule has 0 aromatic carbocycles. The second kappa shape index (κ2) is 7.84. The van der Waals surface area contributed by atoms with Crippen LogP contribution in [-0.4, -0.2) is 72.1 Å². The second-order valence-electron chi connectivity index (χ2n) is 9.93. The fourth-order valence-electron chi connectivity index (χ4n) is 4.10. The Labute approximate surface area is 145 Å². The summed E-state index contributed by atoms with van der Waals surface area (Å²) in [4.78, 5) is 8.12. The third kappa shape index (κ3) is 6.36. The van der Waals surface area contributed by atoms with Crippen molar-refractivity contribution in [2.75, 3.05) is 45.8 Å². The lowest BCUT2D eigenvalue weighted by Gasteiger charge is -2.46.